The fraction of sp³-hybridized carbons (Fsp3) is 0.708. The summed E-state index contributed by atoms with van der Waals surface area (Å²) in [5.41, 5.74) is 0.565. The molecule has 0 saturated carbocycles. The second-order valence-electron chi connectivity index (χ2n) is 9.73. The van der Waals surface area contributed by atoms with E-state index in [1.165, 1.54) is 0 Å². The van der Waals surface area contributed by atoms with E-state index in [9.17, 15) is 4.79 Å². The van der Waals surface area contributed by atoms with E-state index in [1.54, 1.807) is 11.9 Å². The predicted octanol–water partition coefficient (Wildman–Crippen LogP) is 4.03. The first-order chi connectivity index (χ1) is 15.1. The van der Waals surface area contributed by atoms with Crippen LogP contribution < -0.4 is 15.5 Å². The summed E-state index contributed by atoms with van der Waals surface area (Å²) in [5.74, 6) is 2.12. The largest absolute Gasteiger partial charge is 0.444 e. The van der Waals surface area contributed by atoms with Gasteiger partial charge in [0.25, 0.3) is 0 Å². The lowest BCUT2D eigenvalue weighted by atomic mass is 10.1. The highest BCUT2D eigenvalue weighted by atomic mass is 127. The number of carbonyl (C=O) groups excluding carboxylic acids is 1. The molecule has 1 aliphatic rings. The Hall–Kier alpha value is -1.78. The van der Waals surface area contributed by atoms with Crippen LogP contribution in [0.1, 0.15) is 53.2 Å². The van der Waals surface area contributed by atoms with Crippen molar-refractivity contribution < 1.29 is 9.53 Å². The van der Waals surface area contributed by atoms with E-state index >= 15 is 0 Å². The number of nitrogens with zero attached hydrogens (tertiary/aromatic N) is 4. The van der Waals surface area contributed by atoms with E-state index in [0.717, 1.165) is 49.9 Å². The fourth-order valence-corrected chi connectivity index (χ4v) is 3.66. The van der Waals surface area contributed by atoms with Gasteiger partial charge < -0.3 is 25.2 Å². The topological polar surface area (TPSA) is 82.1 Å². The van der Waals surface area contributed by atoms with Gasteiger partial charge in [-0.25, -0.2) is 9.78 Å². The molecule has 2 N–H and O–H groups in total. The second kappa shape index (κ2) is 13.8. The van der Waals surface area contributed by atoms with Crippen molar-refractivity contribution in [1.29, 1.82) is 0 Å². The normalized spacial score (nSPS) is 16.0. The molecule has 33 heavy (non-hydrogen) atoms. The number of rotatable bonds is 7. The Balaban J connectivity index is 0.00000544. The van der Waals surface area contributed by atoms with Crippen LogP contribution in [0.5, 0.6) is 0 Å². The third-order valence-corrected chi connectivity index (χ3v) is 5.23. The summed E-state index contributed by atoms with van der Waals surface area (Å²) in [4.78, 5) is 25.6. The van der Waals surface area contributed by atoms with Crippen LogP contribution in [0.15, 0.2) is 23.2 Å². The molecule has 1 unspecified atom stereocenters. The van der Waals surface area contributed by atoms with Gasteiger partial charge in [0.2, 0.25) is 0 Å². The van der Waals surface area contributed by atoms with Crippen molar-refractivity contribution in [3.05, 3.63) is 23.9 Å². The van der Waals surface area contributed by atoms with Gasteiger partial charge in [-0.15, -0.1) is 24.0 Å². The summed E-state index contributed by atoms with van der Waals surface area (Å²) in [6.07, 6.45) is 1.78. The number of aryl methyl sites for hydroxylation is 1. The maximum absolute atomic E-state index is 12.2. The summed E-state index contributed by atoms with van der Waals surface area (Å²) in [6.45, 7) is 15.8. The van der Waals surface area contributed by atoms with Crippen molar-refractivity contribution in [3.63, 3.8) is 0 Å². The van der Waals surface area contributed by atoms with Crippen LogP contribution in [0.25, 0.3) is 0 Å². The summed E-state index contributed by atoms with van der Waals surface area (Å²) in [7, 11) is 1.77. The SMILES string of the molecule is CCNC(=NCC(C)CN(C)C(=O)OC(C)(C)C)NC1CCN(c2cccc(C)n2)CC1.I. The lowest BCUT2D eigenvalue weighted by Crippen LogP contribution is -2.49. The smallest absolute Gasteiger partial charge is 0.410 e. The van der Waals surface area contributed by atoms with Crippen molar-refractivity contribution in [2.45, 2.75) is 66.0 Å². The molecule has 8 nitrogen and oxygen atoms in total. The van der Waals surface area contributed by atoms with Gasteiger partial charge in [-0.1, -0.05) is 13.0 Å². The molecular formula is C24H43IN6O2. The highest BCUT2D eigenvalue weighted by Crippen LogP contribution is 2.18. The van der Waals surface area contributed by atoms with Gasteiger partial charge in [-0.3, -0.25) is 4.99 Å². The Labute approximate surface area is 217 Å². The van der Waals surface area contributed by atoms with Gasteiger partial charge in [0, 0.05) is 51.5 Å². The van der Waals surface area contributed by atoms with Crippen LogP contribution in [0.2, 0.25) is 0 Å². The maximum Gasteiger partial charge on any atom is 0.410 e. The number of halogens is 1. The molecule has 188 valence electrons. The molecule has 1 aromatic heterocycles. The average Bonchev–Trinajstić information content (AvgIpc) is 2.71. The van der Waals surface area contributed by atoms with Crippen molar-refractivity contribution in [1.82, 2.24) is 20.5 Å². The van der Waals surface area contributed by atoms with Gasteiger partial charge in [0.1, 0.15) is 11.4 Å². The Morgan fingerprint density at radius 3 is 2.58 bits per heavy atom. The van der Waals surface area contributed by atoms with Crippen LogP contribution in [-0.2, 0) is 4.74 Å². The summed E-state index contributed by atoms with van der Waals surface area (Å²) < 4.78 is 5.43. The van der Waals surface area contributed by atoms with Crippen molar-refractivity contribution >= 4 is 41.8 Å². The number of aliphatic imine (C=N–C) groups is 1. The zero-order valence-electron chi connectivity index (χ0n) is 21.4. The van der Waals surface area contributed by atoms with Crippen LogP contribution in [0.3, 0.4) is 0 Å². The van der Waals surface area contributed by atoms with E-state index in [4.69, 9.17) is 9.73 Å². The first-order valence-electron chi connectivity index (χ1n) is 11.7. The van der Waals surface area contributed by atoms with Crippen LogP contribution in [0, 0.1) is 12.8 Å². The minimum Gasteiger partial charge on any atom is -0.444 e. The van der Waals surface area contributed by atoms with E-state index in [-0.39, 0.29) is 36.0 Å². The molecule has 1 saturated heterocycles. The van der Waals surface area contributed by atoms with E-state index in [1.807, 2.05) is 33.8 Å². The minimum absolute atomic E-state index is 0. The number of amides is 1. The number of aromatic nitrogens is 1. The molecule has 0 aliphatic carbocycles. The van der Waals surface area contributed by atoms with Crippen LogP contribution >= 0.6 is 24.0 Å². The van der Waals surface area contributed by atoms with Gasteiger partial charge >= 0.3 is 6.09 Å². The Kier molecular flexibility index (Phi) is 12.2. The molecule has 0 spiro atoms. The molecular weight excluding hydrogens is 531 g/mol. The summed E-state index contributed by atoms with van der Waals surface area (Å²) in [6, 6.07) is 6.57. The Morgan fingerprint density at radius 1 is 1.33 bits per heavy atom. The molecule has 1 aromatic rings. The fourth-order valence-electron chi connectivity index (χ4n) is 3.66. The molecule has 1 aliphatic heterocycles. The minimum atomic E-state index is -0.486. The third-order valence-electron chi connectivity index (χ3n) is 5.23. The molecule has 1 amide bonds. The van der Waals surface area contributed by atoms with Crippen molar-refractivity contribution in [3.8, 4) is 0 Å². The molecule has 9 heteroatoms. The zero-order valence-corrected chi connectivity index (χ0v) is 23.7. The highest BCUT2D eigenvalue weighted by molar-refractivity contribution is 14.0. The number of piperidine rings is 1. The zero-order chi connectivity index (χ0) is 23.7. The lowest BCUT2D eigenvalue weighted by molar-refractivity contribution is 0.0279. The Morgan fingerprint density at radius 2 is 2.00 bits per heavy atom. The van der Waals surface area contributed by atoms with Gasteiger partial charge in [-0.05, 0) is 65.5 Å². The highest BCUT2D eigenvalue weighted by Gasteiger charge is 2.22. The van der Waals surface area contributed by atoms with Gasteiger partial charge in [0.05, 0.1) is 0 Å². The van der Waals surface area contributed by atoms with Crippen LogP contribution in [-0.4, -0.2) is 73.4 Å². The van der Waals surface area contributed by atoms with Crippen LogP contribution in [0.4, 0.5) is 10.6 Å². The molecule has 2 rings (SSSR count). The molecule has 0 bridgehead atoms. The standard InChI is InChI=1S/C24H42N6O2.HI/c1-8-25-22(26-16-18(2)17-29(7)23(31)32-24(4,5)6)28-20-12-14-30(15-13-20)21-11-9-10-19(3)27-21;/h9-11,18,20H,8,12-17H2,1-7H3,(H2,25,26,28);1H. The van der Waals surface area contributed by atoms with Crippen molar-refractivity contribution in [2.75, 3.05) is 44.7 Å². The monoisotopic (exact) mass is 574 g/mol. The average molecular weight is 575 g/mol. The first kappa shape index (κ1) is 29.3. The number of guanidine groups is 1. The summed E-state index contributed by atoms with van der Waals surface area (Å²) in [5, 5.41) is 6.94. The van der Waals surface area contributed by atoms with Crippen molar-refractivity contribution in [2.24, 2.45) is 10.9 Å². The number of carbonyl (C=O) groups is 1. The molecule has 0 radical (unpaired) electrons. The molecule has 1 atom stereocenters. The van der Waals surface area contributed by atoms with Gasteiger partial charge in [-0.2, -0.15) is 0 Å². The first-order valence-corrected chi connectivity index (χ1v) is 11.7. The third kappa shape index (κ3) is 10.8. The number of nitrogens with one attached hydrogen (secondary N) is 2. The maximum atomic E-state index is 12.2. The summed E-state index contributed by atoms with van der Waals surface area (Å²) >= 11 is 0. The number of hydrogen-bond donors (Lipinski definition) is 2. The number of anilines is 1. The second-order valence-corrected chi connectivity index (χ2v) is 9.73. The van der Waals surface area contributed by atoms with E-state index in [0.29, 0.717) is 19.1 Å². The van der Waals surface area contributed by atoms with E-state index < -0.39 is 5.60 Å². The predicted molar refractivity (Wildman–Crippen MR) is 147 cm³/mol. The van der Waals surface area contributed by atoms with E-state index in [2.05, 4.69) is 46.5 Å². The molecule has 0 aromatic carbocycles. The quantitative estimate of drug-likeness (QED) is 0.291. The number of hydrogen-bond acceptors (Lipinski definition) is 5. The number of ether oxygens (including phenoxy) is 1. The number of pyridine rings is 1. The molecule has 2 heterocycles. The Bertz CT molecular complexity index is 760. The lowest BCUT2D eigenvalue weighted by Gasteiger charge is -2.34. The molecule has 1 fully saturated rings. The van der Waals surface area contributed by atoms with Gasteiger partial charge in [0.15, 0.2) is 5.96 Å².